The lowest BCUT2D eigenvalue weighted by Gasteiger charge is -2.23. The zero-order valence-electron chi connectivity index (χ0n) is 18.1. The summed E-state index contributed by atoms with van der Waals surface area (Å²) in [7, 11) is 1.60. The molecule has 3 aromatic rings. The number of fused-ring (bicyclic) bond motifs is 1. The maximum Gasteiger partial charge on any atom is 0.258 e. The highest BCUT2D eigenvalue weighted by atomic mass is 35.5. The third-order valence-electron chi connectivity index (χ3n) is 5.72. The summed E-state index contributed by atoms with van der Waals surface area (Å²) >= 11 is 6.15. The van der Waals surface area contributed by atoms with Gasteiger partial charge in [0.2, 0.25) is 5.91 Å². The fraction of sp³-hybridized carbons (Fsp3) is 0.231. The van der Waals surface area contributed by atoms with Crippen LogP contribution in [0.3, 0.4) is 0 Å². The SMILES string of the molecule is COc1ccc(C(=O)N2c3cc(CNC(=O)Cc4ccccc4Cl)ccc3C[C@@H]2C)cc1. The summed E-state index contributed by atoms with van der Waals surface area (Å²) in [5.41, 5.74) is 4.38. The number of nitrogens with one attached hydrogen (secondary N) is 1. The van der Waals surface area contributed by atoms with Gasteiger partial charge in [-0.25, -0.2) is 0 Å². The number of nitrogens with zero attached hydrogens (tertiary/aromatic N) is 1. The van der Waals surface area contributed by atoms with Gasteiger partial charge in [-0.2, -0.15) is 0 Å². The molecule has 1 heterocycles. The molecule has 0 saturated heterocycles. The van der Waals surface area contributed by atoms with Crippen molar-refractivity contribution >= 4 is 29.1 Å². The second-order valence-electron chi connectivity index (χ2n) is 7.96. The first kappa shape index (κ1) is 21.9. The highest BCUT2D eigenvalue weighted by Gasteiger charge is 2.31. The second kappa shape index (κ2) is 9.45. The molecule has 2 amide bonds. The van der Waals surface area contributed by atoms with Crippen molar-refractivity contribution in [3.8, 4) is 5.75 Å². The zero-order chi connectivity index (χ0) is 22.7. The average molecular weight is 449 g/mol. The summed E-state index contributed by atoms with van der Waals surface area (Å²) in [5.74, 6) is 0.572. The third kappa shape index (κ3) is 4.63. The normalized spacial score (nSPS) is 14.7. The molecule has 0 aromatic heterocycles. The van der Waals surface area contributed by atoms with Crippen molar-refractivity contribution in [3.63, 3.8) is 0 Å². The van der Waals surface area contributed by atoms with Crippen LogP contribution >= 0.6 is 11.6 Å². The topological polar surface area (TPSA) is 58.6 Å². The third-order valence-corrected chi connectivity index (χ3v) is 6.09. The number of carbonyl (C=O) groups is 2. The number of ether oxygens (including phenoxy) is 1. The minimum atomic E-state index is -0.0990. The second-order valence-corrected chi connectivity index (χ2v) is 8.37. The predicted molar refractivity (Wildman–Crippen MR) is 126 cm³/mol. The molecule has 164 valence electrons. The van der Waals surface area contributed by atoms with Crippen LogP contribution in [-0.4, -0.2) is 25.0 Å². The van der Waals surface area contributed by atoms with Crippen molar-refractivity contribution in [1.29, 1.82) is 0 Å². The monoisotopic (exact) mass is 448 g/mol. The van der Waals surface area contributed by atoms with Crippen molar-refractivity contribution in [3.05, 3.63) is 94.0 Å². The Labute approximate surface area is 193 Å². The Morgan fingerprint density at radius 3 is 2.56 bits per heavy atom. The summed E-state index contributed by atoms with van der Waals surface area (Å²) in [6.45, 7) is 2.43. The molecular formula is C26H25ClN2O3. The van der Waals surface area contributed by atoms with E-state index in [9.17, 15) is 9.59 Å². The number of hydrogen-bond donors (Lipinski definition) is 1. The Morgan fingerprint density at radius 1 is 1.09 bits per heavy atom. The standard InChI is InChI=1S/C26H25ClN2O3/c1-17-13-21-8-7-18(16-28-25(30)15-20-5-3-4-6-23(20)27)14-24(21)29(17)26(31)19-9-11-22(32-2)12-10-19/h3-12,14,17H,13,15-16H2,1-2H3,(H,28,30)/t17-/m0/s1. The van der Waals surface area contributed by atoms with Gasteiger partial charge in [0.25, 0.3) is 5.91 Å². The van der Waals surface area contributed by atoms with Crippen molar-refractivity contribution in [2.45, 2.75) is 32.4 Å². The predicted octanol–water partition coefficient (Wildman–Crippen LogP) is 4.80. The van der Waals surface area contributed by atoms with E-state index in [0.717, 1.165) is 28.8 Å². The lowest BCUT2D eigenvalue weighted by molar-refractivity contribution is -0.120. The van der Waals surface area contributed by atoms with Crippen LogP contribution in [0.2, 0.25) is 5.02 Å². The first-order valence-corrected chi connectivity index (χ1v) is 10.9. The molecule has 4 rings (SSSR count). The van der Waals surface area contributed by atoms with Crippen LogP contribution in [0, 0.1) is 0 Å². The Kier molecular flexibility index (Phi) is 6.47. The van der Waals surface area contributed by atoms with Crippen LogP contribution in [0.25, 0.3) is 0 Å². The van der Waals surface area contributed by atoms with Crippen LogP contribution < -0.4 is 15.0 Å². The van der Waals surface area contributed by atoms with Crippen molar-refractivity contribution in [1.82, 2.24) is 5.32 Å². The van der Waals surface area contributed by atoms with Gasteiger partial charge in [-0.3, -0.25) is 9.59 Å². The maximum atomic E-state index is 13.2. The Morgan fingerprint density at radius 2 is 1.84 bits per heavy atom. The molecule has 1 aliphatic rings. The lowest BCUT2D eigenvalue weighted by atomic mass is 10.1. The molecule has 1 N–H and O–H groups in total. The van der Waals surface area contributed by atoms with Crippen molar-refractivity contribution in [2.75, 3.05) is 12.0 Å². The van der Waals surface area contributed by atoms with E-state index < -0.39 is 0 Å². The first-order chi connectivity index (χ1) is 15.5. The lowest BCUT2D eigenvalue weighted by Crippen LogP contribution is -2.35. The Balaban J connectivity index is 1.47. The molecule has 0 fully saturated rings. The van der Waals surface area contributed by atoms with E-state index in [1.165, 1.54) is 0 Å². The number of hydrogen-bond acceptors (Lipinski definition) is 3. The molecule has 0 aliphatic carbocycles. The van der Waals surface area contributed by atoms with Crippen LogP contribution in [0.15, 0.2) is 66.7 Å². The number of rotatable bonds is 6. The van der Waals surface area contributed by atoms with E-state index in [0.29, 0.717) is 22.9 Å². The van der Waals surface area contributed by atoms with E-state index in [4.69, 9.17) is 16.3 Å². The highest BCUT2D eigenvalue weighted by Crippen LogP contribution is 2.34. The largest absolute Gasteiger partial charge is 0.497 e. The smallest absolute Gasteiger partial charge is 0.258 e. The van der Waals surface area contributed by atoms with Gasteiger partial charge in [0.15, 0.2) is 0 Å². The quantitative estimate of drug-likeness (QED) is 0.589. The van der Waals surface area contributed by atoms with Gasteiger partial charge >= 0.3 is 0 Å². The molecule has 1 atom stereocenters. The number of amides is 2. The molecule has 0 unspecified atom stereocenters. The first-order valence-electron chi connectivity index (χ1n) is 10.6. The van der Waals surface area contributed by atoms with Gasteiger partial charge in [-0.15, -0.1) is 0 Å². The molecule has 0 spiro atoms. The summed E-state index contributed by atoms with van der Waals surface area (Å²) in [6.07, 6.45) is 1.03. The molecular weight excluding hydrogens is 424 g/mol. The Hall–Kier alpha value is -3.31. The van der Waals surface area contributed by atoms with E-state index in [1.807, 2.05) is 48.2 Å². The van der Waals surface area contributed by atoms with Gasteiger partial charge in [-0.1, -0.05) is 41.9 Å². The van der Waals surface area contributed by atoms with Crippen LogP contribution in [0.4, 0.5) is 5.69 Å². The van der Waals surface area contributed by atoms with E-state index in [-0.39, 0.29) is 24.3 Å². The number of methoxy groups -OCH3 is 1. The number of carbonyl (C=O) groups excluding carboxylic acids is 2. The van der Waals surface area contributed by atoms with E-state index in [2.05, 4.69) is 5.32 Å². The van der Waals surface area contributed by atoms with E-state index >= 15 is 0 Å². The van der Waals surface area contributed by atoms with Crippen molar-refractivity contribution in [2.24, 2.45) is 0 Å². The minimum absolute atomic E-state index is 0.0428. The van der Waals surface area contributed by atoms with Gasteiger partial charge in [0.1, 0.15) is 5.75 Å². The van der Waals surface area contributed by atoms with Gasteiger partial charge in [0, 0.05) is 28.9 Å². The van der Waals surface area contributed by atoms with Crippen LogP contribution in [0.5, 0.6) is 5.75 Å². The molecule has 5 nitrogen and oxygen atoms in total. The number of halogens is 1. The molecule has 0 saturated carbocycles. The molecule has 3 aromatic carbocycles. The summed E-state index contributed by atoms with van der Waals surface area (Å²) in [5, 5.41) is 3.54. The number of benzene rings is 3. The molecule has 0 radical (unpaired) electrons. The number of anilines is 1. The summed E-state index contributed by atoms with van der Waals surface area (Å²) in [4.78, 5) is 27.5. The summed E-state index contributed by atoms with van der Waals surface area (Å²) < 4.78 is 5.19. The fourth-order valence-electron chi connectivity index (χ4n) is 4.02. The molecule has 1 aliphatic heterocycles. The average Bonchev–Trinajstić information content (AvgIpc) is 3.13. The molecule has 32 heavy (non-hydrogen) atoms. The van der Waals surface area contributed by atoms with Gasteiger partial charge < -0.3 is 15.0 Å². The molecule has 6 heteroatoms. The summed E-state index contributed by atoms with van der Waals surface area (Å²) in [6, 6.07) is 20.6. The van der Waals surface area contributed by atoms with E-state index in [1.54, 1.807) is 37.4 Å². The van der Waals surface area contributed by atoms with Crippen molar-refractivity contribution < 1.29 is 14.3 Å². The Bertz CT molecular complexity index is 1140. The molecule has 0 bridgehead atoms. The highest BCUT2D eigenvalue weighted by molar-refractivity contribution is 6.31. The maximum absolute atomic E-state index is 13.2. The van der Waals surface area contributed by atoms with Gasteiger partial charge in [-0.05, 0) is 66.4 Å². The zero-order valence-corrected chi connectivity index (χ0v) is 18.9. The van der Waals surface area contributed by atoms with Gasteiger partial charge in [0.05, 0.1) is 13.5 Å². The minimum Gasteiger partial charge on any atom is -0.497 e. The van der Waals surface area contributed by atoms with Crippen LogP contribution in [-0.2, 0) is 24.2 Å². The fourth-order valence-corrected chi connectivity index (χ4v) is 4.23. The van der Waals surface area contributed by atoms with Crippen LogP contribution in [0.1, 0.15) is 34.0 Å².